The molecule has 29 heavy (non-hydrogen) atoms. The van der Waals surface area contributed by atoms with Crippen molar-refractivity contribution in [3.63, 3.8) is 0 Å². The van der Waals surface area contributed by atoms with Gasteiger partial charge in [-0.1, -0.05) is 48.5 Å². The van der Waals surface area contributed by atoms with Crippen molar-refractivity contribution < 1.29 is 13.9 Å². The van der Waals surface area contributed by atoms with Gasteiger partial charge in [0.2, 0.25) is 5.55 Å². The topological polar surface area (TPSA) is 44.0 Å². The summed E-state index contributed by atoms with van der Waals surface area (Å²) in [6.45, 7) is 3.57. The third-order valence-corrected chi connectivity index (χ3v) is 4.49. The Labute approximate surface area is 170 Å². The second-order valence-electron chi connectivity index (χ2n) is 6.64. The summed E-state index contributed by atoms with van der Waals surface area (Å²) in [7, 11) is 0. The van der Waals surface area contributed by atoms with Crippen LogP contribution in [0.5, 0.6) is 5.75 Å². The minimum atomic E-state index is 0.452. The average Bonchev–Trinajstić information content (AvgIpc) is 2.77. The molecule has 1 heterocycles. The first-order valence-electron chi connectivity index (χ1n) is 9.73. The van der Waals surface area contributed by atoms with Crippen molar-refractivity contribution in [1.82, 2.24) is 0 Å². The normalized spacial score (nSPS) is 11.7. The van der Waals surface area contributed by atoms with Gasteiger partial charge in [-0.25, -0.2) is 4.99 Å². The first-order valence-corrected chi connectivity index (χ1v) is 9.73. The number of nitrogens with zero attached hydrogens (tertiary/aromatic N) is 1. The van der Waals surface area contributed by atoms with E-state index in [1.165, 1.54) is 0 Å². The van der Waals surface area contributed by atoms with Crippen LogP contribution in [0.1, 0.15) is 18.1 Å². The molecular formula is C25H23NO3. The molecule has 0 N–H and O–H groups in total. The molecule has 0 radical (unpaired) electrons. The number of para-hydroxylation sites is 1. The predicted molar refractivity (Wildman–Crippen MR) is 114 cm³/mol. The minimum Gasteiger partial charge on any atom is -0.489 e. The van der Waals surface area contributed by atoms with Gasteiger partial charge in [0.15, 0.2) is 0 Å². The first-order chi connectivity index (χ1) is 14.3. The molecule has 0 amide bonds. The predicted octanol–water partition coefficient (Wildman–Crippen LogP) is 5.78. The Morgan fingerprint density at radius 2 is 1.59 bits per heavy atom. The highest BCUT2D eigenvalue weighted by Gasteiger charge is 2.07. The fraction of sp³-hybridized carbons (Fsp3) is 0.160. The quantitative estimate of drug-likeness (QED) is 0.405. The molecule has 0 aliphatic heterocycles. The van der Waals surface area contributed by atoms with E-state index in [1.54, 1.807) is 0 Å². The molecule has 0 unspecified atom stereocenters. The number of benzene rings is 3. The summed E-state index contributed by atoms with van der Waals surface area (Å²) in [5.74, 6) is 0.758. The van der Waals surface area contributed by atoms with Crippen LogP contribution in [0.4, 0.5) is 5.69 Å². The Morgan fingerprint density at radius 3 is 2.34 bits per heavy atom. The smallest absolute Gasteiger partial charge is 0.225 e. The number of rotatable bonds is 7. The van der Waals surface area contributed by atoms with E-state index in [2.05, 4.69) is 11.1 Å². The summed E-state index contributed by atoms with van der Waals surface area (Å²) in [4.78, 5) is 4.68. The zero-order chi connectivity index (χ0) is 19.9. The molecule has 4 aromatic rings. The summed E-state index contributed by atoms with van der Waals surface area (Å²) in [5, 5.41) is 0.985. The van der Waals surface area contributed by atoms with Crippen molar-refractivity contribution in [1.29, 1.82) is 0 Å². The zero-order valence-corrected chi connectivity index (χ0v) is 16.4. The van der Waals surface area contributed by atoms with E-state index in [-0.39, 0.29) is 0 Å². The van der Waals surface area contributed by atoms with Crippen molar-refractivity contribution in [3.05, 3.63) is 102 Å². The Balaban J connectivity index is 1.69. The highest BCUT2D eigenvalue weighted by Crippen LogP contribution is 2.22. The van der Waals surface area contributed by atoms with Gasteiger partial charge in [-0.15, -0.1) is 0 Å². The van der Waals surface area contributed by atoms with Gasteiger partial charge < -0.3 is 13.9 Å². The van der Waals surface area contributed by atoms with E-state index in [0.717, 1.165) is 33.5 Å². The maximum absolute atomic E-state index is 6.16. The van der Waals surface area contributed by atoms with Crippen LogP contribution < -0.4 is 10.3 Å². The highest BCUT2D eigenvalue weighted by atomic mass is 16.5. The number of hydrogen-bond acceptors (Lipinski definition) is 4. The van der Waals surface area contributed by atoms with E-state index < -0.39 is 0 Å². The molecule has 0 saturated heterocycles. The molecule has 4 nitrogen and oxygen atoms in total. The first kappa shape index (κ1) is 19.0. The maximum Gasteiger partial charge on any atom is 0.225 e. The molecule has 1 aromatic heterocycles. The number of fused-ring (bicyclic) bond motifs is 1. The van der Waals surface area contributed by atoms with Crippen molar-refractivity contribution in [2.75, 3.05) is 6.61 Å². The van der Waals surface area contributed by atoms with Crippen LogP contribution in [0.15, 0.2) is 94.3 Å². The van der Waals surface area contributed by atoms with Gasteiger partial charge in [0, 0.05) is 23.6 Å². The largest absolute Gasteiger partial charge is 0.489 e. The monoisotopic (exact) mass is 385 g/mol. The molecule has 0 aliphatic rings. The van der Waals surface area contributed by atoms with E-state index in [0.29, 0.717) is 25.4 Å². The van der Waals surface area contributed by atoms with Crippen LogP contribution in [-0.4, -0.2) is 6.61 Å². The van der Waals surface area contributed by atoms with E-state index in [1.807, 2.05) is 85.8 Å². The Morgan fingerprint density at radius 1 is 0.828 bits per heavy atom. The standard InChI is InChI=1S/C25H23NO3/c1-2-27-18-21-15-20-13-14-23(28-17-19-9-5-3-6-10-19)16-24(20)29-25(21)26-22-11-7-4-8-12-22/h3-16H,2,17-18H2,1H3/b26-25-. The Bertz CT molecular complexity index is 1140. The Hall–Kier alpha value is -3.37. The lowest BCUT2D eigenvalue weighted by atomic mass is 10.2. The molecular weight excluding hydrogens is 362 g/mol. The third-order valence-electron chi connectivity index (χ3n) is 4.49. The van der Waals surface area contributed by atoms with Gasteiger partial charge in [-0.05, 0) is 42.8 Å². The fourth-order valence-electron chi connectivity index (χ4n) is 3.00. The lowest BCUT2D eigenvalue weighted by molar-refractivity contribution is 0.131. The van der Waals surface area contributed by atoms with Gasteiger partial charge in [-0.2, -0.15) is 0 Å². The van der Waals surface area contributed by atoms with Gasteiger partial charge in [0.05, 0.1) is 12.3 Å². The summed E-state index contributed by atoms with van der Waals surface area (Å²) in [6, 6.07) is 27.8. The molecule has 0 atom stereocenters. The van der Waals surface area contributed by atoms with Gasteiger partial charge in [-0.3, -0.25) is 0 Å². The van der Waals surface area contributed by atoms with E-state index >= 15 is 0 Å². The average molecular weight is 385 g/mol. The van der Waals surface area contributed by atoms with Gasteiger partial charge >= 0.3 is 0 Å². The summed E-state index contributed by atoms with van der Waals surface area (Å²) in [5.41, 5.74) is 4.16. The van der Waals surface area contributed by atoms with Crippen LogP contribution >= 0.6 is 0 Å². The zero-order valence-electron chi connectivity index (χ0n) is 16.4. The molecule has 0 spiro atoms. The number of ether oxygens (including phenoxy) is 2. The van der Waals surface area contributed by atoms with E-state index in [9.17, 15) is 0 Å². The van der Waals surface area contributed by atoms with E-state index in [4.69, 9.17) is 13.9 Å². The SMILES string of the molecule is CCOCc1cc2ccc(OCc3ccccc3)cc2o/c1=N\c1ccccc1. The third kappa shape index (κ3) is 4.92. The molecule has 4 heteroatoms. The number of hydrogen-bond donors (Lipinski definition) is 0. The molecule has 146 valence electrons. The van der Waals surface area contributed by atoms with Crippen LogP contribution in [-0.2, 0) is 18.0 Å². The molecule has 3 aromatic carbocycles. The summed E-state index contributed by atoms with van der Waals surface area (Å²) in [6.07, 6.45) is 0. The van der Waals surface area contributed by atoms with Gasteiger partial charge in [0.25, 0.3) is 0 Å². The van der Waals surface area contributed by atoms with Crippen LogP contribution in [0, 0.1) is 0 Å². The molecule has 0 fully saturated rings. The van der Waals surface area contributed by atoms with Crippen LogP contribution in [0.2, 0.25) is 0 Å². The van der Waals surface area contributed by atoms with Crippen molar-refractivity contribution in [2.45, 2.75) is 20.1 Å². The molecule has 0 saturated carbocycles. The summed E-state index contributed by atoms with van der Waals surface area (Å²) < 4.78 is 17.7. The molecule has 0 bridgehead atoms. The van der Waals surface area contributed by atoms with Crippen LogP contribution in [0.25, 0.3) is 11.0 Å². The van der Waals surface area contributed by atoms with Crippen LogP contribution in [0.3, 0.4) is 0 Å². The molecule has 4 rings (SSSR count). The highest BCUT2D eigenvalue weighted by molar-refractivity contribution is 5.78. The van der Waals surface area contributed by atoms with Gasteiger partial charge in [0.1, 0.15) is 17.9 Å². The lowest BCUT2D eigenvalue weighted by Gasteiger charge is -2.09. The van der Waals surface area contributed by atoms with Crippen molar-refractivity contribution in [2.24, 2.45) is 4.99 Å². The Kier molecular flexibility index (Phi) is 6.03. The minimum absolute atomic E-state index is 0.452. The fourth-order valence-corrected chi connectivity index (χ4v) is 3.00. The van der Waals surface area contributed by atoms with Crippen molar-refractivity contribution >= 4 is 16.7 Å². The maximum atomic E-state index is 6.16. The lowest BCUT2D eigenvalue weighted by Crippen LogP contribution is -2.11. The second-order valence-corrected chi connectivity index (χ2v) is 6.64. The second kappa shape index (κ2) is 9.22. The summed E-state index contributed by atoms with van der Waals surface area (Å²) >= 11 is 0. The van der Waals surface area contributed by atoms with Crippen molar-refractivity contribution in [3.8, 4) is 5.75 Å². The molecule has 0 aliphatic carbocycles.